The van der Waals surface area contributed by atoms with Gasteiger partial charge in [-0.05, 0) is 13.8 Å². The summed E-state index contributed by atoms with van der Waals surface area (Å²) >= 11 is 1.33. The highest BCUT2D eigenvalue weighted by atomic mass is 32.1. The number of nitrogens with zero attached hydrogens (tertiary/aromatic N) is 3. The molecule has 0 saturated carbocycles. The molecular weight excluding hydrogens is 280 g/mol. The van der Waals surface area contributed by atoms with Crippen LogP contribution in [0.25, 0.3) is 0 Å². The quantitative estimate of drug-likeness (QED) is 0.925. The Kier molecular flexibility index (Phi) is 4.14. The zero-order chi connectivity index (χ0) is 14.7. The smallest absolute Gasteiger partial charge is 0.319 e. The lowest BCUT2D eigenvalue weighted by Gasteiger charge is -2.09. The highest BCUT2D eigenvalue weighted by Gasteiger charge is 2.17. The molecule has 106 valence electrons. The van der Waals surface area contributed by atoms with Crippen LogP contribution in [0.5, 0.6) is 11.9 Å². The normalized spacial score (nSPS) is 10.2. The standard InChI is InChI=1S/C12H14N4O3S/c1-6-9(20-7(2)14-6)10(17)15-8-5-13-12(19-4)16-11(8)18-3/h5H,1-4H3,(H,15,17). The molecule has 0 atom stereocenters. The van der Waals surface area contributed by atoms with Crippen molar-refractivity contribution in [2.45, 2.75) is 13.8 Å². The summed E-state index contributed by atoms with van der Waals surface area (Å²) in [7, 11) is 2.91. The fourth-order valence-electron chi connectivity index (χ4n) is 1.61. The summed E-state index contributed by atoms with van der Waals surface area (Å²) in [6.07, 6.45) is 1.44. The number of ether oxygens (including phenoxy) is 2. The summed E-state index contributed by atoms with van der Waals surface area (Å²) in [5, 5.41) is 3.55. The van der Waals surface area contributed by atoms with E-state index in [4.69, 9.17) is 9.47 Å². The maximum Gasteiger partial charge on any atom is 0.319 e. The number of aryl methyl sites for hydroxylation is 2. The molecule has 2 rings (SSSR count). The van der Waals surface area contributed by atoms with Crippen molar-refractivity contribution in [3.05, 3.63) is 21.8 Å². The molecule has 0 spiro atoms. The number of amides is 1. The second-order valence-electron chi connectivity index (χ2n) is 3.88. The third kappa shape index (κ3) is 2.85. The Morgan fingerprint density at radius 3 is 2.55 bits per heavy atom. The molecule has 0 aliphatic carbocycles. The van der Waals surface area contributed by atoms with Crippen molar-refractivity contribution in [1.29, 1.82) is 0 Å². The predicted octanol–water partition coefficient (Wildman–Crippen LogP) is 1.82. The summed E-state index contributed by atoms with van der Waals surface area (Å²) in [5.74, 6) is -0.0238. The lowest BCUT2D eigenvalue weighted by Crippen LogP contribution is -2.13. The van der Waals surface area contributed by atoms with Crippen molar-refractivity contribution >= 4 is 22.9 Å². The molecule has 0 aliphatic heterocycles. The van der Waals surface area contributed by atoms with Gasteiger partial charge in [0.15, 0.2) is 0 Å². The fraction of sp³-hybridized carbons (Fsp3) is 0.333. The SMILES string of the molecule is COc1ncc(NC(=O)c2sc(C)nc2C)c(OC)n1. The second-order valence-corrected chi connectivity index (χ2v) is 5.08. The van der Waals surface area contributed by atoms with Gasteiger partial charge >= 0.3 is 6.01 Å². The molecule has 0 radical (unpaired) electrons. The van der Waals surface area contributed by atoms with E-state index in [0.29, 0.717) is 16.3 Å². The zero-order valence-corrected chi connectivity index (χ0v) is 12.4. The Morgan fingerprint density at radius 1 is 1.25 bits per heavy atom. The number of aromatic nitrogens is 3. The van der Waals surface area contributed by atoms with Crippen molar-refractivity contribution in [2.24, 2.45) is 0 Å². The fourth-order valence-corrected chi connectivity index (χ4v) is 2.43. The van der Waals surface area contributed by atoms with Crippen LogP contribution in [-0.4, -0.2) is 35.1 Å². The van der Waals surface area contributed by atoms with E-state index in [1.165, 1.54) is 31.8 Å². The highest BCUT2D eigenvalue weighted by molar-refractivity contribution is 7.13. The molecule has 7 nitrogen and oxygen atoms in total. The van der Waals surface area contributed by atoms with Gasteiger partial charge in [-0.25, -0.2) is 9.97 Å². The van der Waals surface area contributed by atoms with Gasteiger partial charge in [0, 0.05) is 0 Å². The van der Waals surface area contributed by atoms with Gasteiger partial charge in [0.2, 0.25) is 5.88 Å². The summed E-state index contributed by atoms with van der Waals surface area (Å²) in [4.78, 5) is 24.9. The number of carbonyl (C=O) groups excluding carboxylic acids is 1. The van der Waals surface area contributed by atoms with Gasteiger partial charge in [-0.15, -0.1) is 11.3 Å². The van der Waals surface area contributed by atoms with E-state index in [9.17, 15) is 4.79 Å². The summed E-state index contributed by atoms with van der Waals surface area (Å²) < 4.78 is 10.0. The van der Waals surface area contributed by atoms with E-state index >= 15 is 0 Å². The molecule has 0 fully saturated rings. The number of nitrogens with one attached hydrogen (secondary N) is 1. The van der Waals surface area contributed by atoms with Crippen LogP contribution in [0.15, 0.2) is 6.20 Å². The Morgan fingerprint density at radius 2 is 2.00 bits per heavy atom. The van der Waals surface area contributed by atoms with E-state index in [1.807, 2.05) is 6.92 Å². The summed E-state index contributed by atoms with van der Waals surface area (Å²) in [6.45, 7) is 3.64. The maximum atomic E-state index is 12.2. The molecule has 1 N–H and O–H groups in total. The van der Waals surface area contributed by atoms with Crippen molar-refractivity contribution in [3.63, 3.8) is 0 Å². The average Bonchev–Trinajstić information content (AvgIpc) is 2.78. The maximum absolute atomic E-state index is 12.2. The first-order valence-electron chi connectivity index (χ1n) is 5.75. The van der Waals surface area contributed by atoms with Gasteiger partial charge in [0.25, 0.3) is 5.91 Å². The minimum Gasteiger partial charge on any atom is -0.479 e. The minimum atomic E-state index is -0.264. The Balaban J connectivity index is 2.25. The van der Waals surface area contributed by atoms with Gasteiger partial charge in [0.1, 0.15) is 10.6 Å². The Bertz CT molecular complexity index is 642. The zero-order valence-electron chi connectivity index (χ0n) is 11.6. The largest absolute Gasteiger partial charge is 0.479 e. The molecule has 0 bridgehead atoms. The van der Waals surface area contributed by atoms with Crippen LogP contribution >= 0.6 is 11.3 Å². The van der Waals surface area contributed by atoms with Crippen molar-refractivity contribution in [1.82, 2.24) is 15.0 Å². The van der Waals surface area contributed by atoms with E-state index in [-0.39, 0.29) is 17.8 Å². The van der Waals surface area contributed by atoms with E-state index in [1.54, 1.807) is 6.92 Å². The Hall–Kier alpha value is -2.22. The second kappa shape index (κ2) is 5.83. The minimum absolute atomic E-state index is 0.171. The lowest BCUT2D eigenvalue weighted by molar-refractivity contribution is 0.102. The molecule has 0 saturated heterocycles. The molecular formula is C12H14N4O3S. The number of thiazole rings is 1. The van der Waals surface area contributed by atoms with E-state index < -0.39 is 0 Å². The van der Waals surface area contributed by atoms with Crippen LogP contribution in [-0.2, 0) is 0 Å². The van der Waals surface area contributed by atoms with Crippen LogP contribution in [0.1, 0.15) is 20.4 Å². The lowest BCUT2D eigenvalue weighted by atomic mass is 10.3. The van der Waals surface area contributed by atoms with Crippen LogP contribution in [0.3, 0.4) is 0 Å². The molecule has 0 aromatic carbocycles. The molecule has 0 unspecified atom stereocenters. The predicted molar refractivity (Wildman–Crippen MR) is 74.7 cm³/mol. The highest BCUT2D eigenvalue weighted by Crippen LogP contribution is 2.25. The number of hydrogen-bond donors (Lipinski definition) is 1. The van der Waals surface area contributed by atoms with Gasteiger partial charge in [-0.3, -0.25) is 4.79 Å². The molecule has 8 heteroatoms. The molecule has 1 amide bonds. The number of rotatable bonds is 4. The monoisotopic (exact) mass is 294 g/mol. The number of carbonyl (C=O) groups is 1. The van der Waals surface area contributed by atoms with Crippen molar-refractivity contribution in [3.8, 4) is 11.9 Å². The Labute approximate surface area is 120 Å². The molecule has 2 aromatic heterocycles. The van der Waals surface area contributed by atoms with E-state index in [2.05, 4.69) is 20.3 Å². The molecule has 20 heavy (non-hydrogen) atoms. The summed E-state index contributed by atoms with van der Waals surface area (Å²) in [6, 6.07) is 0.171. The van der Waals surface area contributed by atoms with Gasteiger partial charge in [-0.1, -0.05) is 0 Å². The first-order valence-corrected chi connectivity index (χ1v) is 6.57. The topological polar surface area (TPSA) is 86.2 Å². The van der Waals surface area contributed by atoms with Crippen LogP contribution in [0, 0.1) is 13.8 Å². The molecule has 2 heterocycles. The first-order chi connectivity index (χ1) is 9.55. The van der Waals surface area contributed by atoms with Crippen molar-refractivity contribution in [2.75, 3.05) is 19.5 Å². The number of anilines is 1. The third-order valence-corrected chi connectivity index (χ3v) is 3.54. The first kappa shape index (κ1) is 14.2. The van der Waals surface area contributed by atoms with E-state index in [0.717, 1.165) is 5.01 Å². The number of methoxy groups -OCH3 is 2. The molecule has 0 aliphatic rings. The van der Waals surface area contributed by atoms with Gasteiger partial charge < -0.3 is 14.8 Å². The van der Waals surface area contributed by atoms with Gasteiger partial charge in [-0.2, -0.15) is 4.98 Å². The van der Waals surface area contributed by atoms with Crippen LogP contribution < -0.4 is 14.8 Å². The summed E-state index contributed by atoms with van der Waals surface area (Å²) in [5.41, 5.74) is 1.07. The van der Waals surface area contributed by atoms with Crippen molar-refractivity contribution < 1.29 is 14.3 Å². The molecule has 2 aromatic rings. The number of hydrogen-bond acceptors (Lipinski definition) is 7. The van der Waals surface area contributed by atoms with Crippen LogP contribution in [0.4, 0.5) is 5.69 Å². The third-order valence-electron chi connectivity index (χ3n) is 2.47. The van der Waals surface area contributed by atoms with Crippen LogP contribution in [0.2, 0.25) is 0 Å². The average molecular weight is 294 g/mol. The van der Waals surface area contributed by atoms with Gasteiger partial charge in [0.05, 0.1) is 31.1 Å².